The molecule has 0 atom stereocenters. The Morgan fingerprint density at radius 1 is 1.28 bits per heavy atom. The lowest BCUT2D eigenvalue weighted by molar-refractivity contribution is -0.136. The van der Waals surface area contributed by atoms with E-state index in [1.165, 1.54) is 0 Å². The van der Waals surface area contributed by atoms with Crippen LogP contribution in [0.4, 0.5) is 13.2 Å². The molecule has 0 bridgehead atoms. The van der Waals surface area contributed by atoms with E-state index in [-0.39, 0.29) is 5.58 Å². The zero-order valence-electron chi connectivity index (χ0n) is 9.97. The quantitative estimate of drug-likeness (QED) is 0.721. The van der Waals surface area contributed by atoms with Gasteiger partial charge in [0.25, 0.3) is 0 Å². The molecule has 0 aliphatic heterocycles. The molecule has 4 heteroatoms. The van der Waals surface area contributed by atoms with Gasteiger partial charge in [0.05, 0.1) is 5.56 Å². The van der Waals surface area contributed by atoms with Crippen molar-refractivity contribution in [2.75, 3.05) is 0 Å². The second kappa shape index (κ2) is 4.52. The van der Waals surface area contributed by atoms with E-state index in [0.29, 0.717) is 29.6 Å². The smallest absolute Gasteiger partial charge is 0.420 e. The molecule has 1 aromatic carbocycles. The van der Waals surface area contributed by atoms with E-state index in [4.69, 9.17) is 4.42 Å². The third kappa shape index (κ3) is 2.28. The molecule has 0 N–H and O–H groups in total. The Hall–Kier alpha value is -1.71. The number of aryl methyl sites for hydroxylation is 1. The number of furan rings is 1. The van der Waals surface area contributed by atoms with Crippen LogP contribution in [-0.2, 0) is 19.0 Å². The van der Waals surface area contributed by atoms with E-state index in [2.05, 4.69) is 6.58 Å². The Morgan fingerprint density at radius 2 is 2.00 bits per heavy atom. The number of allylic oxidation sites excluding steroid dienone is 1. The zero-order valence-corrected chi connectivity index (χ0v) is 9.97. The normalized spacial score (nSPS) is 12.0. The highest BCUT2D eigenvalue weighted by Crippen LogP contribution is 2.37. The lowest BCUT2D eigenvalue weighted by Gasteiger charge is -2.09. The van der Waals surface area contributed by atoms with Gasteiger partial charge in [-0.05, 0) is 30.2 Å². The highest BCUT2D eigenvalue weighted by Gasteiger charge is 2.34. The van der Waals surface area contributed by atoms with Crippen LogP contribution in [0.2, 0.25) is 0 Å². The molecular formula is C14H13F3O. The summed E-state index contributed by atoms with van der Waals surface area (Å²) in [6.07, 6.45) is -1.84. The van der Waals surface area contributed by atoms with Gasteiger partial charge in [-0.15, -0.1) is 6.58 Å². The lowest BCUT2D eigenvalue weighted by atomic mass is 10.0. The van der Waals surface area contributed by atoms with E-state index < -0.39 is 11.7 Å². The first-order chi connectivity index (χ1) is 8.45. The Labute approximate surface area is 103 Å². The van der Waals surface area contributed by atoms with Gasteiger partial charge in [-0.2, -0.15) is 13.2 Å². The van der Waals surface area contributed by atoms with Crippen molar-refractivity contribution in [3.63, 3.8) is 0 Å². The molecule has 0 saturated heterocycles. The standard InChI is InChI=1S/C14H13F3O/c1-3-5-9-6-10-8-11(4-2)18-13(10)12(7-9)14(15,16)17/h3,6-8H,1,4-5H2,2H3. The maximum Gasteiger partial charge on any atom is 0.420 e. The van der Waals surface area contributed by atoms with Gasteiger partial charge in [0.2, 0.25) is 0 Å². The Morgan fingerprint density at radius 3 is 2.56 bits per heavy atom. The van der Waals surface area contributed by atoms with Crippen LogP contribution in [0.3, 0.4) is 0 Å². The monoisotopic (exact) mass is 254 g/mol. The van der Waals surface area contributed by atoms with Crippen molar-refractivity contribution in [1.82, 2.24) is 0 Å². The first-order valence-corrected chi connectivity index (χ1v) is 5.69. The first-order valence-electron chi connectivity index (χ1n) is 5.69. The molecule has 0 unspecified atom stereocenters. The van der Waals surface area contributed by atoms with Crippen molar-refractivity contribution < 1.29 is 17.6 Å². The molecule has 0 saturated carbocycles. The highest BCUT2D eigenvalue weighted by atomic mass is 19.4. The average molecular weight is 254 g/mol. The predicted molar refractivity (Wildman–Crippen MR) is 64.5 cm³/mol. The summed E-state index contributed by atoms with van der Waals surface area (Å²) in [6, 6.07) is 4.51. The van der Waals surface area contributed by atoms with E-state index >= 15 is 0 Å². The lowest BCUT2D eigenvalue weighted by Crippen LogP contribution is -2.06. The second-order valence-corrected chi connectivity index (χ2v) is 4.12. The van der Waals surface area contributed by atoms with Crippen LogP contribution in [0.1, 0.15) is 23.8 Å². The second-order valence-electron chi connectivity index (χ2n) is 4.12. The highest BCUT2D eigenvalue weighted by molar-refractivity contribution is 5.82. The molecule has 18 heavy (non-hydrogen) atoms. The van der Waals surface area contributed by atoms with Gasteiger partial charge < -0.3 is 4.42 Å². The molecular weight excluding hydrogens is 241 g/mol. The Balaban J connectivity index is 2.70. The van der Waals surface area contributed by atoms with Crippen LogP contribution in [0.25, 0.3) is 11.0 Å². The third-order valence-electron chi connectivity index (χ3n) is 2.76. The van der Waals surface area contributed by atoms with Crippen molar-refractivity contribution in [2.45, 2.75) is 25.9 Å². The van der Waals surface area contributed by atoms with Crippen LogP contribution in [0.5, 0.6) is 0 Å². The molecule has 2 aromatic rings. The Bertz CT molecular complexity index is 578. The summed E-state index contributed by atoms with van der Waals surface area (Å²) in [5.41, 5.74) is -0.197. The van der Waals surface area contributed by atoms with E-state index in [1.54, 1.807) is 18.2 Å². The van der Waals surface area contributed by atoms with Crippen molar-refractivity contribution in [3.8, 4) is 0 Å². The van der Waals surface area contributed by atoms with Crippen molar-refractivity contribution >= 4 is 11.0 Å². The summed E-state index contributed by atoms with van der Waals surface area (Å²) in [5.74, 6) is 0.561. The fourth-order valence-corrected chi connectivity index (χ4v) is 1.94. The van der Waals surface area contributed by atoms with Gasteiger partial charge in [0.1, 0.15) is 11.3 Å². The van der Waals surface area contributed by atoms with Gasteiger partial charge >= 0.3 is 6.18 Å². The number of hydrogen-bond acceptors (Lipinski definition) is 1. The molecule has 0 aliphatic carbocycles. The molecule has 0 radical (unpaired) electrons. The molecule has 96 valence electrons. The fourth-order valence-electron chi connectivity index (χ4n) is 1.94. The molecule has 1 aromatic heterocycles. The van der Waals surface area contributed by atoms with Crippen LogP contribution < -0.4 is 0 Å². The molecule has 0 aliphatic rings. The molecule has 1 heterocycles. The third-order valence-corrected chi connectivity index (χ3v) is 2.76. The van der Waals surface area contributed by atoms with E-state index in [0.717, 1.165) is 6.07 Å². The minimum Gasteiger partial charge on any atom is -0.460 e. The van der Waals surface area contributed by atoms with E-state index in [1.807, 2.05) is 6.92 Å². The van der Waals surface area contributed by atoms with Crippen LogP contribution in [0, 0.1) is 0 Å². The van der Waals surface area contributed by atoms with Crippen LogP contribution in [0.15, 0.2) is 35.3 Å². The van der Waals surface area contributed by atoms with Gasteiger partial charge in [-0.3, -0.25) is 0 Å². The van der Waals surface area contributed by atoms with Crippen molar-refractivity contribution in [3.05, 3.63) is 47.7 Å². The summed E-state index contributed by atoms with van der Waals surface area (Å²) in [6.45, 7) is 5.39. The topological polar surface area (TPSA) is 13.1 Å². The fraction of sp³-hybridized carbons (Fsp3) is 0.286. The number of halogens is 3. The maximum atomic E-state index is 13.0. The SMILES string of the molecule is C=CCc1cc(C(F)(F)F)c2oc(CC)cc2c1. The minimum atomic E-state index is -4.40. The average Bonchev–Trinajstić information content (AvgIpc) is 2.69. The predicted octanol–water partition coefficient (Wildman–Crippen LogP) is 4.74. The summed E-state index contributed by atoms with van der Waals surface area (Å²) in [5, 5.41) is 0.499. The van der Waals surface area contributed by atoms with Crippen LogP contribution >= 0.6 is 0 Å². The van der Waals surface area contributed by atoms with Gasteiger partial charge in [-0.25, -0.2) is 0 Å². The molecule has 0 amide bonds. The summed E-state index contributed by atoms with van der Waals surface area (Å²) >= 11 is 0. The van der Waals surface area contributed by atoms with Crippen LogP contribution in [-0.4, -0.2) is 0 Å². The largest absolute Gasteiger partial charge is 0.460 e. The van der Waals surface area contributed by atoms with Gasteiger partial charge in [0.15, 0.2) is 0 Å². The molecule has 1 nitrogen and oxygen atoms in total. The molecule has 2 rings (SSSR count). The first kappa shape index (κ1) is 12.7. The Kier molecular flexibility index (Phi) is 3.20. The summed E-state index contributed by atoms with van der Waals surface area (Å²) < 4.78 is 44.2. The minimum absolute atomic E-state index is 0.0767. The maximum absolute atomic E-state index is 13.0. The summed E-state index contributed by atoms with van der Waals surface area (Å²) in [7, 11) is 0. The van der Waals surface area contributed by atoms with Crippen molar-refractivity contribution in [2.24, 2.45) is 0 Å². The number of benzene rings is 1. The molecule has 0 fully saturated rings. The number of fused-ring (bicyclic) bond motifs is 1. The number of hydrogen-bond donors (Lipinski definition) is 0. The van der Waals surface area contributed by atoms with Gasteiger partial charge in [0, 0.05) is 11.8 Å². The van der Waals surface area contributed by atoms with Crippen molar-refractivity contribution in [1.29, 1.82) is 0 Å². The van der Waals surface area contributed by atoms with Gasteiger partial charge in [-0.1, -0.05) is 13.0 Å². The number of rotatable bonds is 3. The zero-order chi connectivity index (χ0) is 13.3. The molecule has 0 spiro atoms. The summed E-state index contributed by atoms with van der Waals surface area (Å²) in [4.78, 5) is 0. The van der Waals surface area contributed by atoms with E-state index in [9.17, 15) is 13.2 Å². The number of alkyl halides is 3.